The van der Waals surface area contributed by atoms with Gasteiger partial charge in [0.15, 0.2) is 0 Å². The number of likely N-dealkylation sites (N-methyl/N-ethyl adjacent to an activating group) is 1. The topological polar surface area (TPSA) is 174 Å². The Morgan fingerprint density at radius 3 is 2.07 bits per heavy atom. The van der Waals surface area contributed by atoms with Crippen LogP contribution in [-0.2, 0) is 29.2 Å². The van der Waals surface area contributed by atoms with Gasteiger partial charge in [0.1, 0.15) is 12.1 Å². The second kappa shape index (κ2) is 13.8. The van der Waals surface area contributed by atoms with Crippen molar-refractivity contribution < 1.29 is 32.4 Å². The molecule has 0 aromatic carbocycles. The highest BCUT2D eigenvalue weighted by molar-refractivity contribution is 7.89. The van der Waals surface area contributed by atoms with Crippen molar-refractivity contribution in [1.29, 1.82) is 0 Å². The number of fused-ring (bicyclic) bond motifs is 1. The van der Waals surface area contributed by atoms with Crippen LogP contribution >= 0.6 is 0 Å². The van der Waals surface area contributed by atoms with Gasteiger partial charge in [-0.25, -0.2) is 13.2 Å². The first-order valence-electron chi connectivity index (χ1n) is 16.5. The van der Waals surface area contributed by atoms with Crippen LogP contribution in [0.5, 0.6) is 0 Å². The van der Waals surface area contributed by atoms with E-state index < -0.39 is 74.6 Å². The lowest BCUT2D eigenvalue weighted by atomic mass is 9.55. The molecule has 1 aliphatic carbocycles. The molecule has 46 heavy (non-hydrogen) atoms. The number of amides is 5. The second-order valence-electron chi connectivity index (χ2n) is 16.1. The third-order valence-electron chi connectivity index (χ3n) is 9.96. The average Bonchev–Trinajstić information content (AvgIpc) is 3.45. The van der Waals surface area contributed by atoms with E-state index in [4.69, 9.17) is 0 Å². The highest BCUT2D eigenvalue weighted by Gasteiger charge is 2.61. The maximum absolute atomic E-state index is 14.4. The van der Waals surface area contributed by atoms with Crippen LogP contribution in [0, 0.1) is 28.1 Å². The summed E-state index contributed by atoms with van der Waals surface area (Å²) in [6.07, 6.45) is 2.08. The molecule has 13 nitrogen and oxygen atoms in total. The standard InChI is InChI=1S/C32H56N6O7S/c1-11-13-21(24(39)27(41)33-10)34-26(40)23-19-16-32(8,9)20(19)17-38(23)28(42)25(31(5,6)7)36-29(43)35-22(30(2,3)4)18-37-14-12-15-46(37,44)45/h19-23,25H,11-18H2,1-10H3,(H,33,41)(H,34,40)(H2,35,36,43)/t19-,20-,21?,22+,23-,25+/m0/s1. The number of urea groups is 1. The van der Waals surface area contributed by atoms with Crippen LogP contribution in [-0.4, -0.2) is 104 Å². The minimum atomic E-state index is -3.38. The van der Waals surface area contributed by atoms with Gasteiger partial charge >= 0.3 is 6.03 Å². The van der Waals surface area contributed by atoms with Crippen LogP contribution in [0.3, 0.4) is 0 Å². The highest BCUT2D eigenvalue weighted by Crippen LogP contribution is 2.57. The fourth-order valence-electron chi connectivity index (χ4n) is 7.03. The highest BCUT2D eigenvalue weighted by atomic mass is 32.2. The summed E-state index contributed by atoms with van der Waals surface area (Å²) in [6, 6.07) is -4.03. The molecule has 14 heteroatoms. The lowest BCUT2D eigenvalue weighted by Gasteiger charge is -2.48. The molecule has 0 spiro atoms. The minimum absolute atomic E-state index is 0.0496. The Morgan fingerprint density at radius 2 is 1.59 bits per heavy atom. The number of nitrogens with one attached hydrogen (secondary N) is 4. The van der Waals surface area contributed by atoms with Crippen molar-refractivity contribution in [2.45, 2.75) is 112 Å². The van der Waals surface area contributed by atoms with Crippen molar-refractivity contribution >= 4 is 39.6 Å². The minimum Gasteiger partial charge on any atom is -0.353 e. The zero-order valence-corrected chi connectivity index (χ0v) is 30.1. The van der Waals surface area contributed by atoms with Crippen molar-refractivity contribution in [3.05, 3.63) is 0 Å². The number of nitrogens with zero attached hydrogens (tertiary/aromatic N) is 2. The summed E-state index contributed by atoms with van der Waals surface area (Å²) >= 11 is 0. The van der Waals surface area contributed by atoms with E-state index in [0.29, 0.717) is 32.4 Å². The first kappa shape index (κ1) is 37.7. The molecule has 0 aromatic rings. The molecule has 1 saturated carbocycles. The largest absolute Gasteiger partial charge is 0.353 e. The van der Waals surface area contributed by atoms with Crippen molar-refractivity contribution in [2.24, 2.45) is 28.1 Å². The molecule has 1 unspecified atom stereocenters. The van der Waals surface area contributed by atoms with Gasteiger partial charge in [0, 0.05) is 32.7 Å². The van der Waals surface area contributed by atoms with Gasteiger partial charge in [0.2, 0.25) is 27.6 Å². The maximum Gasteiger partial charge on any atom is 0.315 e. The number of Topliss-reactive ketones (excluding diaryl/α,β-unsaturated/α-hetero) is 1. The summed E-state index contributed by atoms with van der Waals surface area (Å²) in [5.74, 6) is -2.41. The molecule has 2 heterocycles. The van der Waals surface area contributed by atoms with Crippen LogP contribution in [0.1, 0.15) is 88.0 Å². The molecule has 0 bridgehead atoms. The molecule has 2 saturated heterocycles. The number of likely N-dealkylation sites (tertiary alicyclic amines) is 1. The van der Waals surface area contributed by atoms with E-state index in [1.807, 2.05) is 48.5 Å². The summed E-state index contributed by atoms with van der Waals surface area (Å²) in [5, 5.41) is 10.9. The zero-order chi connectivity index (χ0) is 35.0. The van der Waals surface area contributed by atoms with E-state index in [1.165, 1.54) is 11.4 Å². The van der Waals surface area contributed by atoms with E-state index in [2.05, 4.69) is 35.1 Å². The fourth-order valence-corrected chi connectivity index (χ4v) is 8.57. The number of hydrogen-bond donors (Lipinski definition) is 4. The quantitative estimate of drug-likeness (QED) is 0.242. The maximum atomic E-state index is 14.4. The lowest BCUT2D eigenvalue weighted by Crippen LogP contribution is -2.62. The smallest absolute Gasteiger partial charge is 0.315 e. The van der Waals surface area contributed by atoms with Crippen molar-refractivity contribution in [3.63, 3.8) is 0 Å². The Labute approximate surface area is 274 Å². The molecule has 2 aliphatic heterocycles. The molecule has 3 aliphatic rings. The second-order valence-corrected chi connectivity index (χ2v) is 18.1. The third kappa shape index (κ3) is 8.21. The van der Waals surface area contributed by atoms with Gasteiger partial charge in [0.25, 0.3) is 5.91 Å². The molecule has 4 N–H and O–H groups in total. The number of hydrogen-bond acceptors (Lipinski definition) is 7. The first-order chi connectivity index (χ1) is 21.0. The van der Waals surface area contributed by atoms with Crippen LogP contribution in [0.25, 0.3) is 0 Å². The lowest BCUT2D eigenvalue weighted by molar-refractivity contribution is -0.145. The molecular formula is C32H56N6O7S. The summed E-state index contributed by atoms with van der Waals surface area (Å²) in [5.41, 5.74) is -1.33. The summed E-state index contributed by atoms with van der Waals surface area (Å²) in [4.78, 5) is 68.3. The summed E-state index contributed by atoms with van der Waals surface area (Å²) in [6.45, 7) is 18.1. The van der Waals surface area contributed by atoms with Crippen LogP contribution < -0.4 is 21.3 Å². The normalized spacial score (nSPS) is 25.8. The summed E-state index contributed by atoms with van der Waals surface area (Å²) < 4.78 is 26.4. The molecule has 6 atom stereocenters. The zero-order valence-electron chi connectivity index (χ0n) is 29.3. The Bertz CT molecular complexity index is 1300. The van der Waals surface area contributed by atoms with Crippen LogP contribution in [0.2, 0.25) is 0 Å². The predicted octanol–water partition coefficient (Wildman–Crippen LogP) is 1.62. The fraction of sp³-hybridized carbons (Fsp3) is 0.844. The van der Waals surface area contributed by atoms with E-state index in [0.717, 1.165) is 0 Å². The molecular weight excluding hydrogens is 612 g/mol. The van der Waals surface area contributed by atoms with E-state index in [1.54, 1.807) is 4.90 Å². The first-order valence-corrected chi connectivity index (χ1v) is 18.1. The van der Waals surface area contributed by atoms with Gasteiger partial charge in [-0.3, -0.25) is 19.2 Å². The third-order valence-corrected chi connectivity index (χ3v) is 11.9. The summed E-state index contributed by atoms with van der Waals surface area (Å²) in [7, 11) is -2.02. The van der Waals surface area contributed by atoms with Crippen LogP contribution in [0.15, 0.2) is 0 Å². The van der Waals surface area contributed by atoms with Gasteiger partial charge in [-0.1, -0.05) is 68.7 Å². The van der Waals surface area contributed by atoms with Gasteiger partial charge in [-0.2, -0.15) is 4.31 Å². The van der Waals surface area contributed by atoms with Crippen molar-refractivity contribution in [3.8, 4) is 0 Å². The Balaban J connectivity index is 1.86. The SMILES string of the molecule is CCCC(NC(=O)[C@@H]1[C@H]2CC(C)(C)[C@H]2CN1C(=O)[C@@H](NC(=O)N[C@H](CN1CCCS1(=O)=O)C(C)(C)C)C(C)(C)C)C(=O)C(=O)NC. The van der Waals surface area contributed by atoms with E-state index in [-0.39, 0.29) is 36.0 Å². The number of carbonyl (C=O) groups excluding carboxylic acids is 5. The van der Waals surface area contributed by atoms with Crippen molar-refractivity contribution in [2.75, 3.05) is 32.4 Å². The number of carbonyl (C=O) groups is 5. The van der Waals surface area contributed by atoms with Gasteiger partial charge in [-0.05, 0) is 47.3 Å². The van der Waals surface area contributed by atoms with E-state index >= 15 is 0 Å². The van der Waals surface area contributed by atoms with E-state index in [9.17, 15) is 32.4 Å². The molecule has 3 fully saturated rings. The predicted molar refractivity (Wildman–Crippen MR) is 175 cm³/mol. The average molecular weight is 669 g/mol. The van der Waals surface area contributed by atoms with Gasteiger partial charge in [-0.15, -0.1) is 0 Å². The molecule has 0 radical (unpaired) electrons. The Hall–Kier alpha value is -2.74. The van der Waals surface area contributed by atoms with Gasteiger partial charge < -0.3 is 26.2 Å². The Morgan fingerprint density at radius 1 is 0.957 bits per heavy atom. The number of rotatable bonds is 11. The van der Waals surface area contributed by atoms with Crippen molar-refractivity contribution in [1.82, 2.24) is 30.5 Å². The molecule has 3 rings (SSSR count). The number of ketones is 1. The molecule has 262 valence electrons. The van der Waals surface area contributed by atoms with Crippen LogP contribution in [0.4, 0.5) is 4.79 Å². The number of sulfonamides is 1. The monoisotopic (exact) mass is 668 g/mol. The Kier molecular flexibility index (Phi) is 11.3. The molecule has 5 amide bonds. The molecule has 0 aromatic heterocycles. The van der Waals surface area contributed by atoms with Gasteiger partial charge in [0.05, 0.1) is 11.8 Å².